The Bertz CT molecular complexity index is 781. The molecule has 3 amide bonds. The van der Waals surface area contributed by atoms with Crippen LogP contribution in [0.25, 0.3) is 5.57 Å². The molecule has 1 fully saturated rings. The van der Waals surface area contributed by atoms with E-state index in [0.717, 1.165) is 17.7 Å². The molecule has 1 saturated heterocycles. The number of likely N-dealkylation sites (tertiary alicyclic amines) is 1. The minimum absolute atomic E-state index is 0.0367. The molecular formula is C20H24N4O3. The fourth-order valence-electron chi connectivity index (χ4n) is 3.58. The third-order valence-corrected chi connectivity index (χ3v) is 5.19. The topological polar surface area (TPSA) is 85.7 Å². The molecule has 1 aromatic carbocycles. The van der Waals surface area contributed by atoms with Crippen LogP contribution in [0, 0.1) is 11.3 Å². The average molecular weight is 368 g/mol. The number of nitrogens with one attached hydrogen (secondary N) is 1. The summed E-state index contributed by atoms with van der Waals surface area (Å²) in [5, 5.41) is 11.7. The second-order valence-corrected chi connectivity index (χ2v) is 6.86. The van der Waals surface area contributed by atoms with E-state index in [1.54, 1.807) is 12.0 Å². The molecule has 0 aromatic heterocycles. The van der Waals surface area contributed by atoms with Gasteiger partial charge in [0.25, 0.3) is 0 Å². The van der Waals surface area contributed by atoms with Crippen LogP contribution in [-0.4, -0.2) is 60.6 Å². The summed E-state index contributed by atoms with van der Waals surface area (Å²) >= 11 is 0. The number of benzene rings is 1. The van der Waals surface area contributed by atoms with Gasteiger partial charge in [-0.15, -0.1) is 0 Å². The van der Waals surface area contributed by atoms with E-state index in [4.69, 9.17) is 10.00 Å². The summed E-state index contributed by atoms with van der Waals surface area (Å²) < 4.78 is 5.18. The van der Waals surface area contributed by atoms with Gasteiger partial charge in [-0.2, -0.15) is 5.26 Å². The summed E-state index contributed by atoms with van der Waals surface area (Å²) in [4.78, 5) is 28.1. The lowest BCUT2D eigenvalue weighted by atomic mass is 9.99. The zero-order chi connectivity index (χ0) is 19.4. The van der Waals surface area contributed by atoms with Crippen LogP contribution >= 0.6 is 0 Å². The van der Waals surface area contributed by atoms with Crippen molar-refractivity contribution < 1.29 is 14.3 Å². The number of urea groups is 1. The van der Waals surface area contributed by atoms with Crippen molar-refractivity contribution >= 4 is 17.5 Å². The Morgan fingerprint density at radius 2 is 2.11 bits per heavy atom. The second-order valence-electron chi connectivity index (χ2n) is 6.86. The van der Waals surface area contributed by atoms with Crippen LogP contribution in [-0.2, 0) is 4.79 Å². The first-order chi connectivity index (χ1) is 13.0. The molecule has 0 radical (unpaired) electrons. The molecule has 0 spiro atoms. The first-order valence-corrected chi connectivity index (χ1v) is 9.09. The lowest BCUT2D eigenvalue weighted by Crippen LogP contribution is -2.49. The molecule has 7 heteroatoms. The summed E-state index contributed by atoms with van der Waals surface area (Å²) in [7, 11) is 1.64. The molecule has 2 unspecified atom stereocenters. The van der Waals surface area contributed by atoms with Crippen LogP contribution in [0.4, 0.5) is 4.79 Å². The summed E-state index contributed by atoms with van der Waals surface area (Å²) in [5.74, 6) is 0.640. The molecule has 27 heavy (non-hydrogen) atoms. The van der Waals surface area contributed by atoms with E-state index in [-0.39, 0.29) is 24.5 Å². The van der Waals surface area contributed by atoms with E-state index in [2.05, 4.69) is 5.32 Å². The molecule has 7 nitrogen and oxygen atoms in total. The zero-order valence-electron chi connectivity index (χ0n) is 15.6. The second kappa shape index (κ2) is 8.12. The maximum atomic E-state index is 12.5. The first kappa shape index (κ1) is 18.8. The number of amides is 3. The van der Waals surface area contributed by atoms with Crippen molar-refractivity contribution in [2.75, 3.05) is 26.7 Å². The molecule has 2 aliphatic heterocycles. The number of ether oxygens (including phenoxy) is 1. The van der Waals surface area contributed by atoms with Gasteiger partial charge in [-0.05, 0) is 43.0 Å². The van der Waals surface area contributed by atoms with Gasteiger partial charge in [-0.25, -0.2) is 4.79 Å². The number of carbonyl (C=O) groups excluding carboxylic acids is 2. The summed E-state index contributed by atoms with van der Waals surface area (Å²) in [6, 6.07) is 9.07. The van der Waals surface area contributed by atoms with Crippen LogP contribution in [0.3, 0.4) is 0 Å². The van der Waals surface area contributed by atoms with Gasteiger partial charge in [-0.3, -0.25) is 4.79 Å². The van der Waals surface area contributed by atoms with Gasteiger partial charge in [0.05, 0.1) is 13.2 Å². The average Bonchev–Trinajstić information content (AvgIpc) is 2.96. The number of carbonyl (C=O) groups is 2. The van der Waals surface area contributed by atoms with E-state index in [1.807, 2.05) is 43.3 Å². The Morgan fingerprint density at radius 3 is 2.70 bits per heavy atom. The zero-order valence-corrected chi connectivity index (χ0v) is 15.6. The van der Waals surface area contributed by atoms with E-state index < -0.39 is 6.04 Å². The fraction of sp³-hybridized carbons (Fsp3) is 0.450. The highest BCUT2D eigenvalue weighted by molar-refractivity contribution is 5.89. The normalized spacial score (nSPS) is 22.3. The van der Waals surface area contributed by atoms with Gasteiger partial charge in [0, 0.05) is 19.1 Å². The van der Waals surface area contributed by atoms with Crippen molar-refractivity contribution in [2.24, 2.45) is 0 Å². The highest BCUT2D eigenvalue weighted by atomic mass is 16.5. The molecular weight excluding hydrogens is 344 g/mol. The Hall–Kier alpha value is -3.01. The van der Waals surface area contributed by atoms with Crippen LogP contribution in [0.5, 0.6) is 5.75 Å². The molecule has 3 rings (SSSR count). The maximum absolute atomic E-state index is 12.5. The predicted molar refractivity (Wildman–Crippen MR) is 101 cm³/mol. The predicted octanol–water partition coefficient (Wildman–Crippen LogP) is 2.01. The Morgan fingerprint density at radius 1 is 1.37 bits per heavy atom. The number of hydrogen-bond acceptors (Lipinski definition) is 4. The molecule has 0 saturated carbocycles. The van der Waals surface area contributed by atoms with Gasteiger partial charge < -0.3 is 19.9 Å². The number of nitriles is 1. The molecule has 2 aliphatic rings. The SMILES string of the molecule is COc1ccc(C2=CCN(C(=O)NC3CC(C)N(CC#N)C3=O)CC2)cc1. The van der Waals surface area contributed by atoms with Crippen molar-refractivity contribution in [1.29, 1.82) is 5.26 Å². The van der Waals surface area contributed by atoms with Crippen molar-refractivity contribution in [3.8, 4) is 11.8 Å². The van der Waals surface area contributed by atoms with Gasteiger partial charge in [0.2, 0.25) is 5.91 Å². The Balaban J connectivity index is 1.57. The molecule has 1 aromatic rings. The van der Waals surface area contributed by atoms with Gasteiger partial charge >= 0.3 is 6.03 Å². The number of methoxy groups -OCH3 is 1. The lowest BCUT2D eigenvalue weighted by molar-refractivity contribution is -0.129. The van der Waals surface area contributed by atoms with Crippen molar-refractivity contribution in [2.45, 2.75) is 31.8 Å². The third-order valence-electron chi connectivity index (χ3n) is 5.19. The summed E-state index contributed by atoms with van der Waals surface area (Å²) in [5.41, 5.74) is 2.33. The minimum atomic E-state index is -0.548. The van der Waals surface area contributed by atoms with Crippen LogP contribution in [0.15, 0.2) is 30.3 Å². The smallest absolute Gasteiger partial charge is 0.318 e. The lowest BCUT2D eigenvalue weighted by Gasteiger charge is -2.28. The Labute approximate surface area is 159 Å². The number of rotatable bonds is 4. The molecule has 0 bridgehead atoms. The monoisotopic (exact) mass is 368 g/mol. The summed E-state index contributed by atoms with van der Waals surface area (Å²) in [6.45, 7) is 3.06. The quantitative estimate of drug-likeness (QED) is 0.824. The van der Waals surface area contributed by atoms with E-state index in [1.165, 1.54) is 10.5 Å². The Kier molecular flexibility index (Phi) is 5.65. The highest BCUT2D eigenvalue weighted by Gasteiger charge is 2.38. The van der Waals surface area contributed by atoms with Gasteiger partial charge in [0.15, 0.2) is 0 Å². The van der Waals surface area contributed by atoms with Gasteiger partial charge in [-0.1, -0.05) is 18.2 Å². The number of nitrogens with zero attached hydrogens (tertiary/aromatic N) is 3. The van der Waals surface area contributed by atoms with Crippen LogP contribution < -0.4 is 10.1 Å². The minimum Gasteiger partial charge on any atom is -0.497 e. The number of hydrogen-bond donors (Lipinski definition) is 1. The van der Waals surface area contributed by atoms with Gasteiger partial charge in [0.1, 0.15) is 18.3 Å². The molecule has 2 atom stereocenters. The van der Waals surface area contributed by atoms with E-state index >= 15 is 0 Å². The van der Waals surface area contributed by atoms with Crippen molar-refractivity contribution in [3.63, 3.8) is 0 Å². The van der Waals surface area contributed by atoms with Crippen molar-refractivity contribution in [3.05, 3.63) is 35.9 Å². The highest BCUT2D eigenvalue weighted by Crippen LogP contribution is 2.25. The first-order valence-electron chi connectivity index (χ1n) is 9.09. The maximum Gasteiger partial charge on any atom is 0.318 e. The van der Waals surface area contributed by atoms with Crippen molar-refractivity contribution in [1.82, 2.24) is 15.1 Å². The molecule has 142 valence electrons. The molecule has 2 heterocycles. The van der Waals surface area contributed by atoms with E-state index in [0.29, 0.717) is 19.5 Å². The molecule has 1 N–H and O–H groups in total. The summed E-state index contributed by atoms with van der Waals surface area (Å²) in [6.07, 6.45) is 3.34. The van der Waals surface area contributed by atoms with Crippen LogP contribution in [0.1, 0.15) is 25.3 Å². The fourth-order valence-corrected chi connectivity index (χ4v) is 3.58. The third kappa shape index (κ3) is 4.05. The largest absolute Gasteiger partial charge is 0.497 e. The standard InChI is InChI=1S/C20H24N4O3/c1-14-13-18(19(25)24(14)12-9-21)22-20(26)23-10-7-16(8-11-23)15-3-5-17(27-2)6-4-15/h3-7,14,18H,8,10-13H2,1-2H3,(H,22,26). The van der Waals surface area contributed by atoms with E-state index in [9.17, 15) is 9.59 Å². The molecule has 0 aliphatic carbocycles. The van der Waals surface area contributed by atoms with Crippen LogP contribution in [0.2, 0.25) is 0 Å².